The highest BCUT2D eigenvalue weighted by Crippen LogP contribution is 2.34. The summed E-state index contributed by atoms with van der Waals surface area (Å²) in [6.07, 6.45) is 1.01. The van der Waals surface area contributed by atoms with Gasteiger partial charge in [-0.1, -0.05) is 13.0 Å². The summed E-state index contributed by atoms with van der Waals surface area (Å²) in [6, 6.07) is 3.46. The molecule has 0 unspecified atom stereocenters. The van der Waals surface area contributed by atoms with E-state index in [0.717, 1.165) is 0 Å². The molecule has 3 saturated heterocycles. The molecule has 0 aliphatic carbocycles. The van der Waals surface area contributed by atoms with Gasteiger partial charge in [0.05, 0.1) is 5.69 Å². The quantitative estimate of drug-likeness (QED) is 0.835. The number of fused-ring (bicyclic) bond motifs is 3. The van der Waals surface area contributed by atoms with Gasteiger partial charge < -0.3 is 18.7 Å². The lowest BCUT2D eigenvalue weighted by Gasteiger charge is -2.57. The van der Waals surface area contributed by atoms with Gasteiger partial charge in [0.2, 0.25) is 0 Å². The molecule has 3 aliphatic rings. The molecular formula is C15H22BN2O5-. The van der Waals surface area contributed by atoms with Crippen LogP contribution in [0, 0.1) is 5.41 Å². The summed E-state index contributed by atoms with van der Waals surface area (Å²) in [5.74, 6) is 0. The summed E-state index contributed by atoms with van der Waals surface area (Å²) < 4.78 is 22.6. The molecule has 1 N–H and O–H groups in total. The van der Waals surface area contributed by atoms with E-state index in [4.69, 9.17) is 18.7 Å². The normalized spacial score (nSPS) is 30.1. The van der Waals surface area contributed by atoms with Gasteiger partial charge in [-0.3, -0.25) is 10.3 Å². The van der Waals surface area contributed by atoms with Gasteiger partial charge in [0.15, 0.2) is 0 Å². The van der Waals surface area contributed by atoms with Crippen LogP contribution in [-0.2, 0) is 18.7 Å². The van der Waals surface area contributed by atoms with E-state index in [2.05, 4.69) is 17.2 Å². The Morgan fingerprint density at radius 2 is 1.87 bits per heavy atom. The molecule has 1 aromatic rings. The van der Waals surface area contributed by atoms with Gasteiger partial charge in [0.1, 0.15) is 5.60 Å². The Labute approximate surface area is 135 Å². The Kier molecular flexibility index (Phi) is 3.86. The van der Waals surface area contributed by atoms with Crippen molar-refractivity contribution < 1.29 is 23.5 Å². The van der Waals surface area contributed by atoms with Crippen molar-refractivity contribution in [3.8, 4) is 0 Å². The largest absolute Gasteiger partial charge is 0.539 e. The third-order valence-electron chi connectivity index (χ3n) is 3.75. The molecule has 0 radical (unpaired) electrons. The number of hydrogen-bond donors (Lipinski definition) is 1. The number of ether oxygens (including phenoxy) is 1. The third-order valence-corrected chi connectivity index (χ3v) is 3.75. The maximum absolute atomic E-state index is 11.7. The SMILES string of the molecule is CC12CO[B-](c3ccc(NC(=O)OC(C)(C)C)cn3)(OC1)OC2. The van der Waals surface area contributed by atoms with Crippen LogP contribution in [0.3, 0.4) is 0 Å². The maximum atomic E-state index is 11.7. The predicted octanol–water partition coefficient (Wildman–Crippen LogP) is 1.66. The number of hydrogen-bond acceptors (Lipinski definition) is 6. The van der Waals surface area contributed by atoms with Crippen LogP contribution in [-0.4, -0.2) is 43.3 Å². The molecule has 7 nitrogen and oxygen atoms in total. The molecule has 2 bridgehead atoms. The zero-order valence-corrected chi connectivity index (χ0v) is 13.9. The maximum Gasteiger partial charge on any atom is 0.427 e. The Bertz CT molecular complexity index is 574. The standard InChI is InChI=1S/C15H22BN2O5/c1-14(2,3)23-13(19)18-11-5-6-12(17-7-11)16-20-8-15(4,9-21-16)10-22-16/h5-7H,8-10H2,1-4H3,(H,18,19)/q-1. The van der Waals surface area contributed by atoms with Crippen LogP contribution in [0.15, 0.2) is 18.3 Å². The number of rotatable bonds is 2. The van der Waals surface area contributed by atoms with Crippen LogP contribution in [0.25, 0.3) is 0 Å². The second-order valence-corrected chi connectivity index (χ2v) is 7.48. The molecular weight excluding hydrogens is 299 g/mol. The minimum atomic E-state index is -1.97. The van der Waals surface area contributed by atoms with E-state index in [0.29, 0.717) is 31.1 Å². The van der Waals surface area contributed by atoms with Crippen molar-refractivity contribution in [3.05, 3.63) is 18.3 Å². The molecule has 1 aromatic heterocycles. The van der Waals surface area contributed by atoms with E-state index in [-0.39, 0.29) is 5.41 Å². The fraction of sp³-hybridized carbons (Fsp3) is 0.600. The Balaban J connectivity index is 1.67. The number of anilines is 1. The second-order valence-electron chi connectivity index (χ2n) is 7.48. The second kappa shape index (κ2) is 5.47. The van der Waals surface area contributed by atoms with Gasteiger partial charge in [-0.15, -0.1) is 0 Å². The monoisotopic (exact) mass is 321 g/mol. The zero-order chi connectivity index (χ0) is 16.7. The van der Waals surface area contributed by atoms with Gasteiger partial charge >= 0.3 is 12.8 Å². The van der Waals surface area contributed by atoms with Crippen molar-refractivity contribution in [1.29, 1.82) is 0 Å². The van der Waals surface area contributed by atoms with Crippen LogP contribution in [0.2, 0.25) is 0 Å². The van der Waals surface area contributed by atoms with Crippen molar-refractivity contribution >= 4 is 24.1 Å². The molecule has 23 heavy (non-hydrogen) atoms. The van der Waals surface area contributed by atoms with Crippen LogP contribution in [0.4, 0.5) is 10.5 Å². The number of nitrogens with one attached hydrogen (secondary N) is 1. The lowest BCUT2D eigenvalue weighted by molar-refractivity contribution is -0.119. The van der Waals surface area contributed by atoms with E-state index < -0.39 is 18.4 Å². The van der Waals surface area contributed by atoms with Crippen molar-refractivity contribution in [3.63, 3.8) is 0 Å². The van der Waals surface area contributed by atoms with Crippen molar-refractivity contribution in [2.75, 3.05) is 25.1 Å². The molecule has 4 heterocycles. The molecule has 3 fully saturated rings. The molecule has 0 spiro atoms. The van der Waals surface area contributed by atoms with Gasteiger partial charge in [-0.25, -0.2) is 4.79 Å². The minimum absolute atomic E-state index is 0.0816. The first-order valence-corrected chi connectivity index (χ1v) is 7.72. The Hall–Kier alpha value is -1.64. The number of aromatic nitrogens is 1. The van der Waals surface area contributed by atoms with Crippen molar-refractivity contribution in [1.82, 2.24) is 4.98 Å². The van der Waals surface area contributed by atoms with Gasteiger partial charge in [-0.2, -0.15) is 0 Å². The van der Waals surface area contributed by atoms with Crippen LogP contribution < -0.4 is 10.9 Å². The molecule has 1 amide bonds. The van der Waals surface area contributed by atoms with Gasteiger partial charge in [0, 0.05) is 31.4 Å². The average Bonchev–Trinajstić information content (AvgIpc) is 2.47. The van der Waals surface area contributed by atoms with Crippen LogP contribution >= 0.6 is 0 Å². The molecule has 0 atom stereocenters. The van der Waals surface area contributed by atoms with Crippen LogP contribution in [0.5, 0.6) is 0 Å². The summed E-state index contributed by atoms with van der Waals surface area (Å²) in [5, 5.41) is 2.64. The highest BCUT2D eigenvalue weighted by atomic mass is 16.8. The van der Waals surface area contributed by atoms with Crippen LogP contribution in [0.1, 0.15) is 27.7 Å². The number of amides is 1. The van der Waals surface area contributed by atoms with Gasteiger partial charge in [-0.05, 0) is 32.4 Å². The van der Waals surface area contributed by atoms with E-state index in [1.165, 1.54) is 6.20 Å². The molecule has 4 rings (SSSR count). The smallest absolute Gasteiger partial charge is 0.427 e. The summed E-state index contributed by atoms with van der Waals surface area (Å²) in [4.78, 5) is 16.1. The summed E-state index contributed by atoms with van der Waals surface area (Å²) in [7, 11) is 0. The van der Waals surface area contributed by atoms with Crippen molar-refractivity contribution in [2.45, 2.75) is 33.3 Å². The van der Waals surface area contributed by atoms with Gasteiger partial charge in [0.25, 0.3) is 0 Å². The summed E-state index contributed by atoms with van der Waals surface area (Å²) >= 11 is 0. The van der Waals surface area contributed by atoms with E-state index >= 15 is 0 Å². The highest BCUT2D eigenvalue weighted by Gasteiger charge is 2.47. The Morgan fingerprint density at radius 1 is 1.26 bits per heavy atom. The molecule has 126 valence electrons. The average molecular weight is 321 g/mol. The lowest BCUT2D eigenvalue weighted by Crippen LogP contribution is -2.69. The molecule has 8 heteroatoms. The number of nitrogens with zero attached hydrogens (tertiary/aromatic N) is 1. The molecule has 0 saturated carbocycles. The minimum Gasteiger partial charge on any atom is -0.539 e. The van der Waals surface area contributed by atoms with Crippen molar-refractivity contribution in [2.24, 2.45) is 5.41 Å². The highest BCUT2D eigenvalue weighted by molar-refractivity contribution is 6.74. The number of pyridine rings is 1. The lowest BCUT2D eigenvalue weighted by atomic mass is 9.67. The first-order valence-electron chi connectivity index (χ1n) is 7.72. The number of carbonyl (C=O) groups is 1. The predicted molar refractivity (Wildman–Crippen MR) is 85.4 cm³/mol. The molecule has 0 aromatic carbocycles. The fourth-order valence-corrected chi connectivity index (χ4v) is 2.57. The third kappa shape index (κ3) is 3.49. The first kappa shape index (κ1) is 16.2. The first-order chi connectivity index (χ1) is 10.7. The summed E-state index contributed by atoms with van der Waals surface area (Å²) in [5.41, 5.74) is 0.487. The van der Waals surface area contributed by atoms with E-state index in [1.54, 1.807) is 12.1 Å². The zero-order valence-electron chi connectivity index (χ0n) is 13.9. The number of carbonyl (C=O) groups excluding carboxylic acids is 1. The van der Waals surface area contributed by atoms with E-state index in [9.17, 15) is 4.79 Å². The fourth-order valence-electron chi connectivity index (χ4n) is 2.57. The Morgan fingerprint density at radius 3 is 2.35 bits per heavy atom. The molecule has 3 aliphatic heterocycles. The topological polar surface area (TPSA) is 78.9 Å². The van der Waals surface area contributed by atoms with E-state index in [1.807, 2.05) is 20.8 Å². The summed E-state index contributed by atoms with van der Waals surface area (Å²) in [6.45, 7) is 7.28.